The summed E-state index contributed by atoms with van der Waals surface area (Å²) in [6.07, 6.45) is 6.88. The van der Waals surface area contributed by atoms with Crippen LogP contribution >= 0.6 is 11.6 Å². The van der Waals surface area contributed by atoms with Gasteiger partial charge in [0.05, 0.1) is 5.02 Å². The van der Waals surface area contributed by atoms with Gasteiger partial charge in [0.1, 0.15) is 5.82 Å². The van der Waals surface area contributed by atoms with Crippen molar-refractivity contribution in [1.29, 1.82) is 0 Å². The molecule has 3 nitrogen and oxygen atoms in total. The van der Waals surface area contributed by atoms with Crippen LogP contribution in [0.3, 0.4) is 0 Å². The van der Waals surface area contributed by atoms with E-state index in [4.69, 9.17) is 11.6 Å². The fourth-order valence-corrected chi connectivity index (χ4v) is 2.90. The summed E-state index contributed by atoms with van der Waals surface area (Å²) >= 11 is 6.41. The Bertz CT molecular complexity index is 408. The second-order valence-corrected chi connectivity index (χ2v) is 5.77. The second kappa shape index (κ2) is 7.11. The number of aromatic nitrogens is 1. The zero-order valence-corrected chi connectivity index (χ0v) is 12.7. The Morgan fingerprint density at radius 3 is 3.00 bits per heavy atom. The predicted octanol–water partition coefficient (Wildman–Crippen LogP) is 3.61. The summed E-state index contributed by atoms with van der Waals surface area (Å²) in [4.78, 5) is 6.93. The van der Waals surface area contributed by atoms with E-state index in [2.05, 4.69) is 29.0 Å². The lowest BCUT2D eigenvalue weighted by Crippen LogP contribution is -2.38. The zero-order valence-electron chi connectivity index (χ0n) is 12.0. The molecular weight excluding hydrogens is 258 g/mol. The molecule has 1 atom stereocenters. The standard InChI is InChI=1S/C15H24ClN3/c1-3-7-17-10-13-9-14(16)15(18-11-13)19-8-5-4-6-12(19)2/h9,11-12,17H,3-8,10H2,1-2H3. The molecule has 2 heterocycles. The number of piperidine rings is 1. The van der Waals surface area contributed by atoms with E-state index < -0.39 is 0 Å². The van der Waals surface area contributed by atoms with Gasteiger partial charge in [-0.15, -0.1) is 0 Å². The van der Waals surface area contributed by atoms with E-state index in [0.29, 0.717) is 6.04 Å². The monoisotopic (exact) mass is 281 g/mol. The maximum atomic E-state index is 6.41. The van der Waals surface area contributed by atoms with E-state index in [1.54, 1.807) is 0 Å². The second-order valence-electron chi connectivity index (χ2n) is 5.36. The first-order chi connectivity index (χ1) is 9.22. The molecule has 1 aromatic heterocycles. The van der Waals surface area contributed by atoms with Gasteiger partial charge in [-0.2, -0.15) is 0 Å². The van der Waals surface area contributed by atoms with Gasteiger partial charge in [0.15, 0.2) is 0 Å². The van der Waals surface area contributed by atoms with Crippen molar-refractivity contribution in [1.82, 2.24) is 10.3 Å². The van der Waals surface area contributed by atoms with Gasteiger partial charge >= 0.3 is 0 Å². The minimum atomic E-state index is 0.544. The van der Waals surface area contributed by atoms with Gasteiger partial charge in [-0.1, -0.05) is 18.5 Å². The van der Waals surface area contributed by atoms with Crippen molar-refractivity contribution in [2.75, 3.05) is 18.0 Å². The van der Waals surface area contributed by atoms with Crippen LogP contribution in [-0.4, -0.2) is 24.1 Å². The lowest BCUT2D eigenvalue weighted by molar-refractivity contribution is 0.481. The van der Waals surface area contributed by atoms with Crippen molar-refractivity contribution >= 4 is 17.4 Å². The van der Waals surface area contributed by atoms with Crippen molar-refractivity contribution < 1.29 is 0 Å². The molecule has 1 unspecified atom stereocenters. The van der Waals surface area contributed by atoms with Crippen LogP contribution < -0.4 is 10.2 Å². The predicted molar refractivity (Wildman–Crippen MR) is 81.9 cm³/mol. The number of hydrogen-bond acceptors (Lipinski definition) is 3. The third kappa shape index (κ3) is 3.83. The Hall–Kier alpha value is -0.800. The Kier molecular flexibility index (Phi) is 5.46. The fourth-order valence-electron chi connectivity index (χ4n) is 2.60. The van der Waals surface area contributed by atoms with Crippen LogP contribution in [0.25, 0.3) is 0 Å². The lowest BCUT2D eigenvalue weighted by atomic mass is 10.0. The molecule has 0 amide bonds. The SMILES string of the molecule is CCCNCc1cnc(N2CCCCC2C)c(Cl)c1. The molecule has 0 aromatic carbocycles. The number of rotatable bonds is 5. The molecule has 0 radical (unpaired) electrons. The van der Waals surface area contributed by atoms with E-state index in [9.17, 15) is 0 Å². The number of nitrogens with one attached hydrogen (secondary N) is 1. The third-order valence-corrected chi connectivity index (χ3v) is 3.99. The van der Waals surface area contributed by atoms with Crippen LogP contribution in [-0.2, 0) is 6.54 Å². The smallest absolute Gasteiger partial charge is 0.147 e. The summed E-state index contributed by atoms with van der Waals surface area (Å²) in [7, 11) is 0. The molecule has 0 spiro atoms. The van der Waals surface area contributed by atoms with Gasteiger partial charge in [0, 0.05) is 25.3 Å². The molecule has 106 valence electrons. The normalized spacial score (nSPS) is 19.7. The summed E-state index contributed by atoms with van der Waals surface area (Å²) in [5.74, 6) is 0.952. The van der Waals surface area contributed by atoms with Crippen molar-refractivity contribution in [2.24, 2.45) is 0 Å². The van der Waals surface area contributed by atoms with E-state index in [1.165, 1.54) is 19.3 Å². The van der Waals surface area contributed by atoms with Gasteiger partial charge in [0.25, 0.3) is 0 Å². The quantitative estimate of drug-likeness (QED) is 0.836. The van der Waals surface area contributed by atoms with E-state index in [-0.39, 0.29) is 0 Å². The summed E-state index contributed by atoms with van der Waals surface area (Å²) < 4.78 is 0. The average Bonchev–Trinajstić information content (AvgIpc) is 2.40. The lowest BCUT2D eigenvalue weighted by Gasteiger charge is -2.35. The van der Waals surface area contributed by atoms with Gasteiger partial charge in [-0.3, -0.25) is 0 Å². The Balaban J connectivity index is 2.05. The summed E-state index contributed by atoms with van der Waals surface area (Å²) in [5, 5.41) is 4.16. The molecule has 0 aliphatic carbocycles. The molecule has 1 fully saturated rings. The van der Waals surface area contributed by atoms with Crippen LogP contribution in [0, 0.1) is 0 Å². The average molecular weight is 282 g/mol. The molecular formula is C15H24ClN3. The van der Waals surface area contributed by atoms with Crippen LogP contribution in [0.15, 0.2) is 12.3 Å². The summed E-state index contributed by atoms with van der Waals surface area (Å²) in [6, 6.07) is 2.59. The first kappa shape index (κ1) is 14.6. The molecule has 4 heteroatoms. The maximum absolute atomic E-state index is 6.41. The Morgan fingerprint density at radius 1 is 1.47 bits per heavy atom. The summed E-state index contributed by atoms with van der Waals surface area (Å²) in [5.41, 5.74) is 1.16. The van der Waals surface area contributed by atoms with Gasteiger partial charge < -0.3 is 10.2 Å². The Labute approximate surface area is 121 Å². The van der Waals surface area contributed by atoms with Crippen LogP contribution in [0.2, 0.25) is 5.02 Å². The number of pyridine rings is 1. The first-order valence-electron chi connectivity index (χ1n) is 7.34. The highest BCUT2D eigenvalue weighted by Crippen LogP contribution is 2.29. The number of anilines is 1. The molecule has 0 saturated carbocycles. The molecule has 1 aliphatic rings. The highest BCUT2D eigenvalue weighted by atomic mass is 35.5. The van der Waals surface area contributed by atoms with Crippen molar-refractivity contribution in [3.05, 3.63) is 22.8 Å². The van der Waals surface area contributed by atoms with E-state index >= 15 is 0 Å². The topological polar surface area (TPSA) is 28.2 Å². The molecule has 1 saturated heterocycles. The first-order valence-corrected chi connectivity index (χ1v) is 7.72. The highest BCUT2D eigenvalue weighted by Gasteiger charge is 2.21. The van der Waals surface area contributed by atoms with Gasteiger partial charge in [-0.05, 0) is 50.8 Å². The molecule has 2 rings (SSSR count). The van der Waals surface area contributed by atoms with Gasteiger partial charge in [0.2, 0.25) is 0 Å². The minimum Gasteiger partial charge on any atom is -0.353 e. The number of nitrogens with zero attached hydrogens (tertiary/aromatic N) is 2. The molecule has 0 bridgehead atoms. The van der Waals surface area contributed by atoms with Crippen molar-refractivity contribution in [2.45, 2.75) is 52.1 Å². The van der Waals surface area contributed by atoms with Gasteiger partial charge in [-0.25, -0.2) is 4.98 Å². The van der Waals surface area contributed by atoms with Crippen molar-refractivity contribution in [3.63, 3.8) is 0 Å². The largest absolute Gasteiger partial charge is 0.353 e. The highest BCUT2D eigenvalue weighted by molar-refractivity contribution is 6.33. The number of hydrogen-bond donors (Lipinski definition) is 1. The van der Waals surface area contributed by atoms with Crippen molar-refractivity contribution in [3.8, 4) is 0 Å². The minimum absolute atomic E-state index is 0.544. The van der Waals surface area contributed by atoms with Crippen LogP contribution in [0.1, 0.15) is 45.1 Å². The third-order valence-electron chi connectivity index (χ3n) is 3.71. The molecule has 1 aliphatic heterocycles. The van der Waals surface area contributed by atoms with E-state index in [0.717, 1.165) is 42.5 Å². The maximum Gasteiger partial charge on any atom is 0.147 e. The number of halogens is 1. The molecule has 1 N–H and O–H groups in total. The molecule has 1 aromatic rings. The summed E-state index contributed by atoms with van der Waals surface area (Å²) in [6.45, 7) is 7.37. The van der Waals surface area contributed by atoms with E-state index in [1.807, 2.05) is 12.3 Å². The molecule has 19 heavy (non-hydrogen) atoms. The Morgan fingerprint density at radius 2 is 2.32 bits per heavy atom. The van der Waals surface area contributed by atoms with Crippen LogP contribution in [0.4, 0.5) is 5.82 Å². The zero-order chi connectivity index (χ0) is 13.7. The fraction of sp³-hybridized carbons (Fsp3) is 0.667. The van der Waals surface area contributed by atoms with Crippen LogP contribution in [0.5, 0.6) is 0 Å².